The quantitative estimate of drug-likeness (QED) is 0.318. The lowest BCUT2D eigenvalue weighted by Gasteiger charge is -2.22. The van der Waals surface area contributed by atoms with E-state index in [4.69, 9.17) is 0 Å². The third kappa shape index (κ3) is 8.96. The highest BCUT2D eigenvalue weighted by Gasteiger charge is 2.15. The van der Waals surface area contributed by atoms with E-state index >= 15 is 0 Å². The lowest BCUT2D eigenvalue weighted by atomic mass is 9.84. The molecular formula is C24H42O2. The zero-order valence-corrected chi connectivity index (χ0v) is 18.1. The first-order valence-corrected chi connectivity index (χ1v) is 10.6. The molecule has 1 aromatic rings. The Balaban J connectivity index is 2.50. The summed E-state index contributed by atoms with van der Waals surface area (Å²) in [6.07, 6.45) is 11.1. The third-order valence-electron chi connectivity index (χ3n) is 5.63. The predicted octanol–water partition coefficient (Wildman–Crippen LogP) is 7.40. The van der Waals surface area contributed by atoms with Crippen molar-refractivity contribution < 1.29 is 10.2 Å². The van der Waals surface area contributed by atoms with E-state index in [-0.39, 0.29) is 5.75 Å². The zero-order chi connectivity index (χ0) is 19.8. The first-order valence-electron chi connectivity index (χ1n) is 10.6. The second kappa shape index (κ2) is 10.2. The molecule has 0 atom stereocenters. The van der Waals surface area contributed by atoms with Gasteiger partial charge in [0.2, 0.25) is 0 Å². The summed E-state index contributed by atoms with van der Waals surface area (Å²) in [4.78, 5) is 0. The van der Waals surface area contributed by atoms with E-state index in [9.17, 15) is 10.2 Å². The number of hydrogen-bond acceptors (Lipinski definition) is 2. The van der Waals surface area contributed by atoms with Gasteiger partial charge >= 0.3 is 0 Å². The van der Waals surface area contributed by atoms with E-state index in [0.717, 1.165) is 43.2 Å². The van der Waals surface area contributed by atoms with Gasteiger partial charge in [0, 0.05) is 0 Å². The third-order valence-corrected chi connectivity index (χ3v) is 5.63. The van der Waals surface area contributed by atoms with E-state index in [0.29, 0.717) is 16.6 Å². The lowest BCUT2D eigenvalue weighted by Crippen LogP contribution is -2.08. The smallest absolute Gasteiger partial charge is 0.122 e. The van der Waals surface area contributed by atoms with Crippen LogP contribution in [0.3, 0.4) is 0 Å². The van der Waals surface area contributed by atoms with Crippen LogP contribution in [0.5, 0.6) is 11.5 Å². The van der Waals surface area contributed by atoms with Crippen molar-refractivity contribution in [1.82, 2.24) is 0 Å². The minimum Gasteiger partial charge on any atom is -0.508 e. The Morgan fingerprint density at radius 1 is 0.731 bits per heavy atom. The maximum Gasteiger partial charge on any atom is 0.122 e. The first-order chi connectivity index (χ1) is 12.0. The predicted molar refractivity (Wildman–Crippen MR) is 113 cm³/mol. The van der Waals surface area contributed by atoms with E-state index in [1.54, 1.807) is 12.1 Å². The molecule has 0 amide bonds. The van der Waals surface area contributed by atoms with Gasteiger partial charge in [-0.25, -0.2) is 0 Å². The van der Waals surface area contributed by atoms with Crippen molar-refractivity contribution >= 4 is 0 Å². The van der Waals surface area contributed by atoms with Crippen LogP contribution in [0, 0.1) is 10.8 Å². The van der Waals surface area contributed by atoms with Gasteiger partial charge in [-0.1, -0.05) is 67.2 Å². The number of phenolic OH excluding ortho intramolecular Hbond substituents is 2. The molecule has 1 rings (SSSR count). The second-order valence-corrected chi connectivity index (χ2v) is 9.96. The first kappa shape index (κ1) is 22.9. The van der Waals surface area contributed by atoms with Crippen LogP contribution in [-0.4, -0.2) is 10.2 Å². The summed E-state index contributed by atoms with van der Waals surface area (Å²) >= 11 is 0. The van der Waals surface area contributed by atoms with Gasteiger partial charge in [-0.3, -0.25) is 0 Å². The highest BCUT2D eigenvalue weighted by atomic mass is 16.3. The van der Waals surface area contributed by atoms with Crippen LogP contribution < -0.4 is 0 Å². The molecule has 26 heavy (non-hydrogen) atoms. The fourth-order valence-electron chi connectivity index (χ4n) is 3.37. The largest absolute Gasteiger partial charge is 0.508 e. The van der Waals surface area contributed by atoms with Gasteiger partial charge in [-0.2, -0.15) is 0 Å². The molecule has 0 aliphatic heterocycles. The highest BCUT2D eigenvalue weighted by Crippen LogP contribution is 2.32. The molecule has 0 aliphatic rings. The van der Waals surface area contributed by atoms with E-state index in [1.807, 2.05) is 0 Å². The second-order valence-electron chi connectivity index (χ2n) is 9.96. The van der Waals surface area contributed by atoms with Gasteiger partial charge in [-0.05, 0) is 72.6 Å². The van der Waals surface area contributed by atoms with Crippen molar-refractivity contribution in [3.8, 4) is 11.5 Å². The molecular weight excluding hydrogens is 320 g/mol. The molecule has 0 aliphatic carbocycles. The summed E-state index contributed by atoms with van der Waals surface area (Å²) in [6, 6.07) is 3.48. The van der Waals surface area contributed by atoms with E-state index < -0.39 is 0 Å². The summed E-state index contributed by atoms with van der Waals surface area (Å²) in [5, 5.41) is 20.6. The molecule has 0 saturated heterocycles. The highest BCUT2D eigenvalue weighted by molar-refractivity contribution is 5.46. The van der Waals surface area contributed by atoms with E-state index in [1.165, 1.54) is 32.1 Å². The number of phenols is 2. The SMILES string of the molecule is CCC(C)(C)CCCCCc1cc(O)cc(CCCCC(C)(C)C)c1O. The Morgan fingerprint density at radius 3 is 1.73 bits per heavy atom. The number of hydrogen-bond donors (Lipinski definition) is 2. The summed E-state index contributed by atoms with van der Waals surface area (Å²) in [6.45, 7) is 13.7. The number of rotatable bonds is 11. The molecule has 1 aromatic carbocycles. The Morgan fingerprint density at radius 2 is 1.23 bits per heavy atom. The molecule has 2 heteroatoms. The Kier molecular flexibility index (Phi) is 9.00. The Labute approximate surface area is 162 Å². The molecule has 0 bridgehead atoms. The fraction of sp³-hybridized carbons (Fsp3) is 0.750. The fourth-order valence-corrected chi connectivity index (χ4v) is 3.37. The molecule has 0 unspecified atom stereocenters. The molecule has 2 N–H and O–H groups in total. The van der Waals surface area contributed by atoms with Crippen molar-refractivity contribution in [2.75, 3.05) is 0 Å². The van der Waals surface area contributed by atoms with Gasteiger partial charge in [-0.15, -0.1) is 0 Å². The molecule has 150 valence electrons. The summed E-state index contributed by atoms with van der Waals surface area (Å²) in [7, 11) is 0. The summed E-state index contributed by atoms with van der Waals surface area (Å²) in [5.41, 5.74) is 2.61. The van der Waals surface area contributed by atoms with Crippen LogP contribution in [0.25, 0.3) is 0 Å². The van der Waals surface area contributed by atoms with Gasteiger partial charge in [0.15, 0.2) is 0 Å². The lowest BCUT2D eigenvalue weighted by molar-refractivity contribution is 0.308. The number of unbranched alkanes of at least 4 members (excludes halogenated alkanes) is 3. The molecule has 0 radical (unpaired) electrons. The average molecular weight is 363 g/mol. The Bertz CT molecular complexity index is 538. The van der Waals surface area contributed by atoms with Crippen molar-refractivity contribution in [3.63, 3.8) is 0 Å². The standard InChI is InChI=1S/C24H42O2/c1-7-24(5,6)16-11-8-9-13-19-17-21(25)18-20(22(19)26)14-10-12-15-23(2,3)4/h17-18,25-26H,7-16H2,1-6H3. The molecule has 0 heterocycles. The van der Waals surface area contributed by atoms with Crippen LogP contribution >= 0.6 is 0 Å². The van der Waals surface area contributed by atoms with Crippen molar-refractivity contribution in [2.24, 2.45) is 10.8 Å². The van der Waals surface area contributed by atoms with Gasteiger partial charge in [0.05, 0.1) is 0 Å². The van der Waals surface area contributed by atoms with Crippen molar-refractivity contribution in [2.45, 2.75) is 106 Å². The number of aromatic hydroxyl groups is 2. The molecule has 0 saturated carbocycles. The van der Waals surface area contributed by atoms with Crippen LogP contribution in [-0.2, 0) is 12.8 Å². The molecule has 0 spiro atoms. The van der Waals surface area contributed by atoms with Crippen molar-refractivity contribution in [1.29, 1.82) is 0 Å². The van der Waals surface area contributed by atoms with Crippen LogP contribution in [0.1, 0.15) is 104 Å². The summed E-state index contributed by atoms with van der Waals surface area (Å²) < 4.78 is 0. The van der Waals surface area contributed by atoms with Gasteiger partial charge in [0.25, 0.3) is 0 Å². The molecule has 2 nitrogen and oxygen atoms in total. The van der Waals surface area contributed by atoms with Gasteiger partial charge in [0.1, 0.15) is 11.5 Å². The van der Waals surface area contributed by atoms with Crippen LogP contribution in [0.4, 0.5) is 0 Å². The number of aryl methyl sites for hydroxylation is 2. The topological polar surface area (TPSA) is 40.5 Å². The zero-order valence-electron chi connectivity index (χ0n) is 18.1. The van der Waals surface area contributed by atoms with E-state index in [2.05, 4.69) is 41.5 Å². The molecule has 0 fully saturated rings. The van der Waals surface area contributed by atoms with Crippen LogP contribution in [0.2, 0.25) is 0 Å². The average Bonchev–Trinajstić information content (AvgIpc) is 2.53. The van der Waals surface area contributed by atoms with Crippen molar-refractivity contribution in [3.05, 3.63) is 23.3 Å². The minimum absolute atomic E-state index is 0.288. The maximum atomic E-state index is 10.6. The van der Waals surface area contributed by atoms with Gasteiger partial charge < -0.3 is 10.2 Å². The normalized spacial score (nSPS) is 12.5. The Hall–Kier alpha value is -1.18. The van der Waals surface area contributed by atoms with Crippen LogP contribution in [0.15, 0.2) is 12.1 Å². The number of benzene rings is 1. The monoisotopic (exact) mass is 362 g/mol. The summed E-state index contributed by atoms with van der Waals surface area (Å²) in [5.74, 6) is 0.697. The molecule has 0 aromatic heterocycles. The maximum absolute atomic E-state index is 10.6. The minimum atomic E-state index is 0.288.